The molecule has 0 aromatic heterocycles. The fourth-order valence-electron chi connectivity index (χ4n) is 2.47. The minimum Gasteiger partial charge on any atom is -0.238 e. The zero-order valence-electron chi connectivity index (χ0n) is 15.4. The molecule has 0 atom stereocenters. The fraction of sp³-hybridized carbons (Fsp3) is 0.0400. The van der Waals surface area contributed by atoms with Crippen LogP contribution in [0.15, 0.2) is 66.7 Å². The first-order valence-corrected chi connectivity index (χ1v) is 8.61. The highest BCUT2D eigenvalue weighted by Crippen LogP contribution is 2.30. The summed E-state index contributed by atoms with van der Waals surface area (Å²) < 4.78 is 39.9. The summed E-state index contributed by atoms with van der Waals surface area (Å²) in [6.45, 7) is 6.93. The molecule has 0 radical (unpaired) electrons. The lowest BCUT2D eigenvalue weighted by Crippen LogP contribution is -2.05. The molecule has 0 bridgehead atoms. The Bertz CT molecular complexity index is 1190. The Morgan fingerprint density at radius 1 is 0.667 bits per heavy atom. The van der Waals surface area contributed by atoms with Crippen molar-refractivity contribution < 1.29 is 13.2 Å². The summed E-state index contributed by atoms with van der Waals surface area (Å²) in [6.07, 6.45) is -4.53. The maximum Gasteiger partial charge on any atom is 0.416 e. The fourth-order valence-corrected chi connectivity index (χ4v) is 2.47. The van der Waals surface area contributed by atoms with Gasteiger partial charge in [0.15, 0.2) is 5.69 Å². The standard InChI is InChI=1S/C25H11F3N2/c1-30-24-12-10-19(11-13-24)5-9-22-14-21(15-23(16-22)25(26,27)28)8-4-18-2-6-20(17-29)7-3-18/h2-3,6-7,10-16H. The van der Waals surface area contributed by atoms with Gasteiger partial charge in [0, 0.05) is 22.3 Å². The Kier molecular flexibility index (Phi) is 5.89. The van der Waals surface area contributed by atoms with Gasteiger partial charge in [0.1, 0.15) is 0 Å². The minimum atomic E-state index is -4.53. The van der Waals surface area contributed by atoms with Crippen LogP contribution < -0.4 is 0 Å². The largest absolute Gasteiger partial charge is 0.416 e. The van der Waals surface area contributed by atoms with Gasteiger partial charge in [-0.05, 0) is 42.5 Å². The van der Waals surface area contributed by atoms with Crippen molar-refractivity contribution in [2.24, 2.45) is 0 Å². The third kappa shape index (κ3) is 5.30. The van der Waals surface area contributed by atoms with E-state index in [1.165, 1.54) is 6.07 Å². The number of nitrogens with zero attached hydrogens (tertiary/aromatic N) is 2. The zero-order chi connectivity index (χ0) is 21.6. The van der Waals surface area contributed by atoms with Gasteiger partial charge in [-0.3, -0.25) is 0 Å². The van der Waals surface area contributed by atoms with Gasteiger partial charge in [0.05, 0.1) is 23.8 Å². The predicted molar refractivity (Wildman–Crippen MR) is 107 cm³/mol. The summed E-state index contributed by atoms with van der Waals surface area (Å²) >= 11 is 0. The van der Waals surface area contributed by atoms with Crippen molar-refractivity contribution in [1.29, 1.82) is 5.26 Å². The molecule has 0 heterocycles. The molecule has 0 saturated carbocycles. The van der Waals surface area contributed by atoms with E-state index in [0.717, 1.165) is 12.1 Å². The third-order valence-electron chi connectivity index (χ3n) is 3.97. The van der Waals surface area contributed by atoms with E-state index in [0.29, 0.717) is 22.4 Å². The van der Waals surface area contributed by atoms with Gasteiger partial charge >= 0.3 is 6.18 Å². The van der Waals surface area contributed by atoms with Crippen molar-refractivity contribution >= 4 is 5.69 Å². The number of rotatable bonds is 0. The molecule has 0 spiro atoms. The molecule has 0 saturated heterocycles. The Hall–Kier alpha value is -4.45. The number of halogens is 3. The number of hydrogen-bond acceptors (Lipinski definition) is 1. The normalized spacial score (nSPS) is 9.90. The first-order chi connectivity index (χ1) is 14.4. The maximum absolute atomic E-state index is 13.3. The minimum absolute atomic E-state index is 0.182. The van der Waals surface area contributed by atoms with Gasteiger partial charge in [-0.15, -0.1) is 0 Å². The Balaban J connectivity index is 1.97. The van der Waals surface area contributed by atoms with Gasteiger partial charge in [-0.25, -0.2) is 4.85 Å². The lowest BCUT2D eigenvalue weighted by Gasteiger charge is -2.07. The summed E-state index contributed by atoms with van der Waals surface area (Å²) in [7, 11) is 0. The topological polar surface area (TPSA) is 28.1 Å². The Morgan fingerprint density at radius 2 is 1.10 bits per heavy atom. The Morgan fingerprint density at radius 3 is 1.53 bits per heavy atom. The highest BCUT2D eigenvalue weighted by Gasteiger charge is 2.31. The van der Waals surface area contributed by atoms with E-state index in [9.17, 15) is 13.2 Å². The summed E-state index contributed by atoms with van der Waals surface area (Å²) in [5.41, 5.74) is 1.64. The lowest BCUT2D eigenvalue weighted by atomic mass is 10.0. The van der Waals surface area contributed by atoms with Crippen molar-refractivity contribution in [3.63, 3.8) is 0 Å². The molecule has 0 unspecified atom stereocenters. The van der Waals surface area contributed by atoms with Gasteiger partial charge < -0.3 is 0 Å². The summed E-state index contributed by atoms with van der Waals surface area (Å²) in [5.74, 6) is 11.1. The highest BCUT2D eigenvalue weighted by molar-refractivity contribution is 5.53. The van der Waals surface area contributed by atoms with E-state index in [1.807, 2.05) is 6.07 Å². The number of alkyl halides is 3. The zero-order valence-corrected chi connectivity index (χ0v) is 15.4. The van der Waals surface area contributed by atoms with E-state index in [-0.39, 0.29) is 11.1 Å². The van der Waals surface area contributed by atoms with Crippen LogP contribution in [0.3, 0.4) is 0 Å². The smallest absolute Gasteiger partial charge is 0.238 e. The van der Waals surface area contributed by atoms with E-state index in [1.54, 1.807) is 48.5 Å². The van der Waals surface area contributed by atoms with Crippen LogP contribution >= 0.6 is 0 Å². The quantitative estimate of drug-likeness (QED) is 0.342. The Labute approximate surface area is 172 Å². The molecule has 3 rings (SSSR count). The van der Waals surface area contributed by atoms with Crippen molar-refractivity contribution in [3.8, 4) is 29.8 Å². The second-order valence-corrected chi connectivity index (χ2v) is 6.14. The molecule has 0 aliphatic carbocycles. The molecule has 3 aromatic rings. The van der Waals surface area contributed by atoms with Gasteiger partial charge in [0.2, 0.25) is 0 Å². The molecule has 142 valence electrons. The van der Waals surface area contributed by atoms with Crippen molar-refractivity contribution in [2.45, 2.75) is 6.18 Å². The van der Waals surface area contributed by atoms with Crippen molar-refractivity contribution in [1.82, 2.24) is 0 Å². The van der Waals surface area contributed by atoms with Crippen LogP contribution in [0.4, 0.5) is 18.9 Å². The molecule has 0 amide bonds. The predicted octanol–water partition coefficient (Wildman–Crippen LogP) is 5.93. The van der Waals surface area contributed by atoms with Gasteiger partial charge in [-0.1, -0.05) is 47.9 Å². The SMILES string of the molecule is [C-]#[N+]c1ccc(C#Cc2cc(C#Cc3ccc(C#N)cc3)cc(C(F)(F)F)c2)cc1. The highest BCUT2D eigenvalue weighted by atomic mass is 19.4. The molecule has 0 aliphatic heterocycles. The first-order valence-electron chi connectivity index (χ1n) is 8.61. The molecular weight excluding hydrogens is 385 g/mol. The molecule has 2 nitrogen and oxygen atoms in total. The van der Waals surface area contributed by atoms with Crippen LogP contribution in [0.5, 0.6) is 0 Å². The van der Waals surface area contributed by atoms with Crippen molar-refractivity contribution in [3.05, 3.63) is 112 Å². The van der Waals surface area contributed by atoms with E-state index >= 15 is 0 Å². The average Bonchev–Trinajstić information content (AvgIpc) is 2.76. The van der Waals surface area contributed by atoms with Crippen LogP contribution in [0.1, 0.15) is 33.4 Å². The van der Waals surface area contributed by atoms with E-state index in [4.69, 9.17) is 11.8 Å². The molecule has 0 fully saturated rings. The second kappa shape index (κ2) is 8.70. The molecular formula is C25H11F3N2. The molecule has 5 heteroatoms. The van der Waals surface area contributed by atoms with E-state index in [2.05, 4.69) is 28.5 Å². The van der Waals surface area contributed by atoms with Gasteiger partial charge in [-0.2, -0.15) is 18.4 Å². The van der Waals surface area contributed by atoms with Gasteiger partial charge in [0.25, 0.3) is 0 Å². The summed E-state index contributed by atoms with van der Waals surface area (Å²) in [4.78, 5) is 3.28. The second-order valence-electron chi connectivity index (χ2n) is 6.14. The maximum atomic E-state index is 13.3. The molecule has 0 N–H and O–H groups in total. The summed E-state index contributed by atoms with van der Waals surface area (Å²) in [6, 6.07) is 18.4. The van der Waals surface area contributed by atoms with Crippen LogP contribution in [0.2, 0.25) is 0 Å². The average molecular weight is 396 g/mol. The van der Waals surface area contributed by atoms with Crippen molar-refractivity contribution in [2.75, 3.05) is 0 Å². The van der Waals surface area contributed by atoms with Crippen LogP contribution in [0, 0.1) is 41.6 Å². The monoisotopic (exact) mass is 396 g/mol. The molecule has 3 aromatic carbocycles. The number of nitriles is 1. The third-order valence-corrected chi connectivity index (χ3v) is 3.97. The number of benzene rings is 3. The molecule has 30 heavy (non-hydrogen) atoms. The first kappa shape index (κ1) is 20.3. The molecule has 0 aliphatic rings. The van der Waals surface area contributed by atoms with Crippen LogP contribution in [-0.2, 0) is 6.18 Å². The van der Waals surface area contributed by atoms with E-state index < -0.39 is 11.7 Å². The lowest BCUT2D eigenvalue weighted by molar-refractivity contribution is -0.137. The summed E-state index contributed by atoms with van der Waals surface area (Å²) in [5, 5.41) is 8.81. The number of hydrogen-bond donors (Lipinski definition) is 0. The van der Waals surface area contributed by atoms with Crippen LogP contribution in [-0.4, -0.2) is 0 Å². The van der Waals surface area contributed by atoms with Crippen LogP contribution in [0.25, 0.3) is 4.85 Å².